The van der Waals surface area contributed by atoms with Crippen LogP contribution in [0.2, 0.25) is 0 Å². The molecule has 0 N–H and O–H groups in total. The summed E-state index contributed by atoms with van der Waals surface area (Å²) < 4.78 is 7.84. The van der Waals surface area contributed by atoms with Gasteiger partial charge in [0.25, 0.3) is 5.71 Å². The van der Waals surface area contributed by atoms with Crippen LogP contribution >= 0.6 is 0 Å². The van der Waals surface area contributed by atoms with Crippen molar-refractivity contribution in [1.82, 2.24) is 14.5 Å². The topological polar surface area (TPSA) is 78.0 Å². The maximum atomic E-state index is 13.4. The second-order valence-corrected chi connectivity index (χ2v) is 9.12. The number of hydrogen-bond donors (Lipinski definition) is 0. The molecule has 0 amide bonds. The zero-order chi connectivity index (χ0) is 25.1. The Balaban J connectivity index is 1.39. The van der Waals surface area contributed by atoms with Gasteiger partial charge < -0.3 is 4.42 Å². The first kappa shape index (κ1) is 21.2. The first-order chi connectivity index (χ1) is 18.1. The van der Waals surface area contributed by atoms with Gasteiger partial charge in [0, 0.05) is 22.4 Å². The third-order valence-electron chi connectivity index (χ3n) is 6.70. The van der Waals surface area contributed by atoms with Crippen molar-refractivity contribution in [3.05, 3.63) is 119 Å². The van der Waals surface area contributed by atoms with Crippen LogP contribution in [0, 0.1) is 6.92 Å². The number of aryl methyl sites for hydroxylation is 1. The molecule has 0 atom stereocenters. The average molecular weight is 482 g/mol. The molecular formula is C31H19N3O3. The van der Waals surface area contributed by atoms with Gasteiger partial charge in [0.05, 0.1) is 5.57 Å². The van der Waals surface area contributed by atoms with Gasteiger partial charge in [-0.15, -0.1) is 0 Å². The number of fused-ring (bicyclic) bond motifs is 3. The van der Waals surface area contributed by atoms with Gasteiger partial charge in [0.1, 0.15) is 5.82 Å². The first-order valence-electron chi connectivity index (χ1n) is 11.9. The number of benzene rings is 4. The molecular weight excluding hydrogens is 462 g/mol. The fourth-order valence-corrected chi connectivity index (χ4v) is 4.80. The summed E-state index contributed by atoms with van der Waals surface area (Å²) in [6, 6.07) is 28.7. The maximum Gasteiger partial charge on any atom is 0.267 e. The van der Waals surface area contributed by atoms with Crippen molar-refractivity contribution < 1.29 is 14.0 Å². The largest absolute Gasteiger partial charge is 0.416 e. The third-order valence-corrected chi connectivity index (χ3v) is 6.70. The minimum atomic E-state index is -0.307. The molecule has 37 heavy (non-hydrogen) atoms. The van der Waals surface area contributed by atoms with Gasteiger partial charge in [0.2, 0.25) is 11.5 Å². The molecule has 2 aromatic heterocycles. The average Bonchev–Trinajstić information content (AvgIpc) is 3.55. The molecule has 6 aromatic rings. The van der Waals surface area contributed by atoms with Gasteiger partial charge in [-0.3, -0.25) is 14.2 Å². The Morgan fingerprint density at radius 3 is 2.03 bits per heavy atom. The van der Waals surface area contributed by atoms with Gasteiger partial charge in [0.15, 0.2) is 11.6 Å². The number of allylic oxidation sites excluding steroid dienone is 1. The van der Waals surface area contributed by atoms with Crippen LogP contribution in [0.3, 0.4) is 0 Å². The van der Waals surface area contributed by atoms with E-state index in [1.807, 2.05) is 90.4 Å². The second-order valence-electron chi connectivity index (χ2n) is 9.12. The monoisotopic (exact) mass is 481 g/mol. The van der Waals surface area contributed by atoms with Crippen molar-refractivity contribution in [2.45, 2.75) is 6.92 Å². The van der Waals surface area contributed by atoms with Crippen LogP contribution in [0.5, 0.6) is 0 Å². The van der Waals surface area contributed by atoms with Gasteiger partial charge in [-0.2, -0.15) is 9.97 Å². The second kappa shape index (κ2) is 7.96. The van der Waals surface area contributed by atoms with E-state index in [4.69, 9.17) is 9.40 Å². The molecule has 0 unspecified atom stereocenters. The van der Waals surface area contributed by atoms with E-state index in [2.05, 4.69) is 4.98 Å². The van der Waals surface area contributed by atoms with Crippen LogP contribution in [0.15, 0.2) is 101 Å². The predicted molar refractivity (Wildman–Crippen MR) is 142 cm³/mol. The lowest BCUT2D eigenvalue weighted by Gasteiger charge is -2.05. The standard InChI is InChI=1S/C31H19N3O3/c1-18-11-13-19(14-12-18)30-33-29-31(37-30)32-26(34(29)22-9-3-2-4-10-22)17-25-27(35)23-15-20-7-5-6-8-21(20)16-24(23)28(25)36/h2-17H,1H3. The number of hydrogen-bond acceptors (Lipinski definition) is 5. The smallest absolute Gasteiger partial charge is 0.267 e. The maximum absolute atomic E-state index is 13.4. The first-order valence-corrected chi connectivity index (χ1v) is 11.9. The third kappa shape index (κ3) is 3.34. The summed E-state index contributed by atoms with van der Waals surface area (Å²) in [5, 5.41) is 1.83. The molecule has 1 aliphatic rings. The molecule has 4 aromatic carbocycles. The fourth-order valence-electron chi connectivity index (χ4n) is 4.80. The Hall–Kier alpha value is -5.10. The number of oxazole rings is 1. The molecule has 6 heteroatoms. The molecule has 176 valence electrons. The highest BCUT2D eigenvalue weighted by Gasteiger charge is 2.34. The Kier molecular flexibility index (Phi) is 4.56. The number of imidazole rings is 1. The Bertz CT molecular complexity index is 1850. The summed E-state index contributed by atoms with van der Waals surface area (Å²) in [5.74, 6) is 0.238. The highest BCUT2D eigenvalue weighted by Crippen LogP contribution is 2.33. The van der Waals surface area contributed by atoms with Gasteiger partial charge in [-0.1, -0.05) is 60.2 Å². The van der Waals surface area contributed by atoms with Crippen molar-refractivity contribution in [3.8, 4) is 17.1 Å². The van der Waals surface area contributed by atoms with Crippen LogP contribution in [-0.2, 0) is 0 Å². The highest BCUT2D eigenvalue weighted by atomic mass is 16.4. The molecule has 0 aliphatic heterocycles. The number of para-hydroxylation sites is 1. The Labute approximate surface area is 211 Å². The van der Waals surface area contributed by atoms with E-state index in [1.54, 1.807) is 18.2 Å². The minimum Gasteiger partial charge on any atom is -0.416 e. The van der Waals surface area contributed by atoms with Crippen LogP contribution < -0.4 is 0 Å². The van der Waals surface area contributed by atoms with E-state index in [0.717, 1.165) is 27.6 Å². The van der Waals surface area contributed by atoms with Crippen LogP contribution in [0.1, 0.15) is 32.1 Å². The molecule has 6 nitrogen and oxygen atoms in total. The predicted octanol–water partition coefficient (Wildman–Crippen LogP) is 6.60. The molecule has 0 saturated carbocycles. The number of carbonyl (C=O) groups excluding carboxylic acids is 2. The number of aromatic nitrogens is 3. The lowest BCUT2D eigenvalue weighted by Crippen LogP contribution is -2.04. The summed E-state index contributed by atoms with van der Waals surface area (Å²) in [5.41, 5.74) is 4.51. The van der Waals surface area contributed by atoms with E-state index in [9.17, 15) is 9.59 Å². The van der Waals surface area contributed by atoms with E-state index >= 15 is 0 Å². The van der Waals surface area contributed by atoms with Crippen molar-refractivity contribution in [1.29, 1.82) is 0 Å². The SMILES string of the molecule is Cc1ccc(-c2nc3c(nc(C=C4C(=O)c5cc6ccccc6cc5C4=O)n3-c3ccccc3)o2)cc1. The zero-order valence-electron chi connectivity index (χ0n) is 19.8. The normalized spacial score (nSPS) is 13.1. The summed E-state index contributed by atoms with van der Waals surface area (Å²) in [4.78, 5) is 36.1. The van der Waals surface area contributed by atoms with Crippen LogP contribution in [0.25, 0.3) is 45.4 Å². The number of rotatable bonds is 3. The Morgan fingerprint density at radius 2 is 1.38 bits per heavy atom. The molecule has 0 bridgehead atoms. The quantitative estimate of drug-likeness (QED) is 0.210. The molecule has 0 radical (unpaired) electrons. The molecule has 0 saturated heterocycles. The Morgan fingerprint density at radius 1 is 0.757 bits per heavy atom. The molecule has 0 spiro atoms. The molecule has 7 rings (SSSR count). The van der Waals surface area contributed by atoms with E-state index in [1.165, 1.54) is 0 Å². The van der Waals surface area contributed by atoms with E-state index in [0.29, 0.717) is 34.2 Å². The number of Topliss-reactive ketones (excluding diaryl/α,β-unsaturated/α-hetero) is 2. The van der Waals surface area contributed by atoms with Gasteiger partial charge in [-0.05, 0) is 60.2 Å². The zero-order valence-corrected chi connectivity index (χ0v) is 19.8. The minimum absolute atomic E-state index is 0.0777. The molecule has 0 fully saturated rings. The summed E-state index contributed by atoms with van der Waals surface area (Å²) in [6.07, 6.45) is 1.55. The lowest BCUT2D eigenvalue weighted by molar-refractivity contribution is 0.0990. The fraction of sp³-hybridized carbons (Fsp3) is 0.0323. The summed E-state index contributed by atoms with van der Waals surface area (Å²) in [7, 11) is 0. The highest BCUT2D eigenvalue weighted by molar-refractivity contribution is 6.42. The van der Waals surface area contributed by atoms with Crippen molar-refractivity contribution >= 4 is 39.8 Å². The van der Waals surface area contributed by atoms with E-state index < -0.39 is 0 Å². The number of carbonyl (C=O) groups is 2. The van der Waals surface area contributed by atoms with Crippen LogP contribution in [-0.4, -0.2) is 26.1 Å². The van der Waals surface area contributed by atoms with E-state index in [-0.39, 0.29) is 17.1 Å². The number of ketones is 2. The molecule has 2 heterocycles. The lowest BCUT2D eigenvalue weighted by atomic mass is 10.0. The summed E-state index contributed by atoms with van der Waals surface area (Å²) >= 11 is 0. The van der Waals surface area contributed by atoms with Crippen molar-refractivity contribution in [2.24, 2.45) is 0 Å². The van der Waals surface area contributed by atoms with Gasteiger partial charge in [-0.25, -0.2) is 0 Å². The van der Waals surface area contributed by atoms with Crippen molar-refractivity contribution in [2.75, 3.05) is 0 Å². The van der Waals surface area contributed by atoms with Crippen LogP contribution in [0.4, 0.5) is 0 Å². The molecule has 1 aliphatic carbocycles. The number of nitrogens with zero attached hydrogens (tertiary/aromatic N) is 3. The van der Waals surface area contributed by atoms with Crippen molar-refractivity contribution in [3.63, 3.8) is 0 Å². The summed E-state index contributed by atoms with van der Waals surface area (Å²) in [6.45, 7) is 2.02. The van der Waals surface area contributed by atoms with Gasteiger partial charge >= 0.3 is 0 Å².